The molecule has 1 fully saturated rings. The average Bonchev–Trinajstić information content (AvgIpc) is 3.06. The van der Waals surface area contributed by atoms with E-state index in [1.54, 1.807) is 24.3 Å². The molecule has 1 amide bonds. The van der Waals surface area contributed by atoms with Crippen molar-refractivity contribution in [3.63, 3.8) is 0 Å². The van der Waals surface area contributed by atoms with Crippen LogP contribution < -0.4 is 4.74 Å². The van der Waals surface area contributed by atoms with Gasteiger partial charge in [0, 0.05) is 50.7 Å². The Hall–Kier alpha value is -2.93. The molecule has 152 valence electrons. The van der Waals surface area contributed by atoms with Crippen molar-refractivity contribution < 1.29 is 18.3 Å². The summed E-state index contributed by atoms with van der Waals surface area (Å²) in [6.45, 7) is 0.759. The fraction of sp³-hybridized carbons (Fsp3) is 0.318. The normalized spacial score (nSPS) is 15.2. The van der Waals surface area contributed by atoms with Crippen LogP contribution in [0.3, 0.4) is 0 Å². The van der Waals surface area contributed by atoms with Gasteiger partial charge in [0.15, 0.2) is 0 Å². The maximum Gasteiger partial charge on any atom is 0.387 e. The maximum absolute atomic E-state index is 13.0. The number of fused-ring (bicyclic) bond motifs is 1. The summed E-state index contributed by atoms with van der Waals surface area (Å²) in [6.07, 6.45) is 0. The quantitative estimate of drug-likeness (QED) is 0.656. The molecule has 0 bridgehead atoms. The predicted molar refractivity (Wildman–Crippen MR) is 107 cm³/mol. The number of amides is 1. The summed E-state index contributed by atoms with van der Waals surface area (Å²) in [7, 11) is 1.92. The third kappa shape index (κ3) is 4.24. The molecule has 0 radical (unpaired) electrons. The molecule has 0 saturated carbocycles. The van der Waals surface area contributed by atoms with Crippen LogP contribution in [-0.4, -0.2) is 53.1 Å². The Kier molecular flexibility index (Phi) is 5.49. The van der Waals surface area contributed by atoms with Crippen LogP contribution in [0.1, 0.15) is 16.1 Å². The average molecular weight is 399 g/mol. The standard InChI is InChI=1S/C22H23F2N3O2/c1-25-19-5-3-2-4-17(19)14-20(25)21(28)27-12-10-26(11-13-27)15-16-6-8-18(9-7-16)29-22(23)24/h2-9,14,22H,10-13,15H2,1H3. The van der Waals surface area contributed by atoms with Gasteiger partial charge < -0.3 is 14.2 Å². The number of aryl methyl sites for hydroxylation is 1. The predicted octanol–water partition coefficient (Wildman–Crippen LogP) is 3.74. The van der Waals surface area contributed by atoms with Gasteiger partial charge in [-0.3, -0.25) is 9.69 Å². The Morgan fingerprint density at radius 2 is 1.72 bits per heavy atom. The Bertz CT molecular complexity index is 993. The van der Waals surface area contributed by atoms with E-state index in [1.807, 2.05) is 46.8 Å². The van der Waals surface area contributed by atoms with Crippen LogP contribution >= 0.6 is 0 Å². The Morgan fingerprint density at radius 1 is 1.03 bits per heavy atom. The number of hydrogen-bond acceptors (Lipinski definition) is 3. The van der Waals surface area contributed by atoms with Crippen molar-refractivity contribution >= 4 is 16.8 Å². The Labute approximate surface area is 168 Å². The number of rotatable bonds is 5. The van der Waals surface area contributed by atoms with Crippen LogP contribution in [0.2, 0.25) is 0 Å². The van der Waals surface area contributed by atoms with E-state index >= 15 is 0 Å². The van der Waals surface area contributed by atoms with E-state index in [1.165, 1.54) is 0 Å². The van der Waals surface area contributed by atoms with Crippen molar-refractivity contribution in [1.82, 2.24) is 14.4 Å². The fourth-order valence-corrected chi connectivity index (χ4v) is 3.80. The molecule has 0 aliphatic carbocycles. The number of benzene rings is 2. The van der Waals surface area contributed by atoms with Gasteiger partial charge >= 0.3 is 6.61 Å². The highest BCUT2D eigenvalue weighted by molar-refractivity contribution is 5.98. The number of ether oxygens (including phenoxy) is 1. The van der Waals surface area contributed by atoms with Gasteiger partial charge in [-0.1, -0.05) is 30.3 Å². The first kappa shape index (κ1) is 19.4. The number of para-hydroxylation sites is 1. The molecule has 1 aliphatic heterocycles. The van der Waals surface area contributed by atoms with E-state index < -0.39 is 6.61 Å². The van der Waals surface area contributed by atoms with Gasteiger partial charge in [-0.05, 0) is 29.8 Å². The molecule has 4 rings (SSSR count). The van der Waals surface area contributed by atoms with E-state index in [2.05, 4.69) is 9.64 Å². The third-order valence-electron chi connectivity index (χ3n) is 5.39. The molecule has 0 spiro atoms. The van der Waals surface area contributed by atoms with Crippen molar-refractivity contribution in [2.45, 2.75) is 13.2 Å². The number of aromatic nitrogens is 1. The second-order valence-electron chi connectivity index (χ2n) is 7.24. The third-order valence-corrected chi connectivity index (χ3v) is 5.39. The van der Waals surface area contributed by atoms with Crippen molar-refractivity contribution in [1.29, 1.82) is 0 Å². The van der Waals surface area contributed by atoms with Crippen LogP contribution in [-0.2, 0) is 13.6 Å². The lowest BCUT2D eigenvalue weighted by molar-refractivity contribution is -0.0498. The molecular weight excluding hydrogens is 376 g/mol. The van der Waals surface area contributed by atoms with Gasteiger partial charge in [0.2, 0.25) is 0 Å². The zero-order chi connectivity index (χ0) is 20.4. The highest BCUT2D eigenvalue weighted by atomic mass is 19.3. The topological polar surface area (TPSA) is 37.7 Å². The number of nitrogens with zero attached hydrogens (tertiary/aromatic N) is 3. The molecule has 3 aromatic rings. The Morgan fingerprint density at radius 3 is 2.38 bits per heavy atom. The minimum absolute atomic E-state index is 0.0526. The number of hydrogen-bond donors (Lipinski definition) is 0. The number of piperazine rings is 1. The highest BCUT2D eigenvalue weighted by Crippen LogP contribution is 2.21. The highest BCUT2D eigenvalue weighted by Gasteiger charge is 2.24. The first-order valence-electron chi connectivity index (χ1n) is 9.61. The van der Waals surface area contributed by atoms with E-state index in [-0.39, 0.29) is 11.7 Å². The second-order valence-corrected chi connectivity index (χ2v) is 7.24. The lowest BCUT2D eigenvalue weighted by Gasteiger charge is -2.34. The van der Waals surface area contributed by atoms with Gasteiger partial charge in [0.05, 0.1) is 0 Å². The van der Waals surface area contributed by atoms with Crippen molar-refractivity contribution in [3.8, 4) is 5.75 Å². The van der Waals surface area contributed by atoms with Crippen LogP contribution in [0, 0.1) is 0 Å². The molecule has 1 aromatic heterocycles. The van der Waals surface area contributed by atoms with E-state index in [0.717, 1.165) is 29.6 Å². The first-order chi connectivity index (χ1) is 14.0. The van der Waals surface area contributed by atoms with E-state index in [4.69, 9.17) is 0 Å². The molecule has 2 heterocycles. The molecular formula is C22H23F2N3O2. The number of halogens is 2. The van der Waals surface area contributed by atoms with Crippen molar-refractivity contribution in [3.05, 3.63) is 65.9 Å². The largest absolute Gasteiger partial charge is 0.435 e. The molecule has 1 aliphatic rings. The van der Waals surface area contributed by atoms with Gasteiger partial charge in [0.1, 0.15) is 11.4 Å². The summed E-state index contributed by atoms with van der Waals surface area (Å²) >= 11 is 0. The van der Waals surface area contributed by atoms with E-state index in [9.17, 15) is 13.6 Å². The van der Waals surface area contributed by atoms with Gasteiger partial charge in [-0.2, -0.15) is 8.78 Å². The van der Waals surface area contributed by atoms with Crippen molar-refractivity contribution in [2.24, 2.45) is 7.05 Å². The number of carbonyl (C=O) groups excluding carboxylic acids is 1. The second kappa shape index (κ2) is 8.21. The molecule has 7 heteroatoms. The number of carbonyl (C=O) groups is 1. The monoisotopic (exact) mass is 399 g/mol. The van der Waals surface area contributed by atoms with Gasteiger partial charge in [0.25, 0.3) is 5.91 Å². The molecule has 29 heavy (non-hydrogen) atoms. The molecule has 5 nitrogen and oxygen atoms in total. The molecule has 2 aromatic carbocycles. The van der Waals surface area contributed by atoms with Crippen LogP contribution in [0.4, 0.5) is 8.78 Å². The summed E-state index contributed by atoms with van der Waals surface area (Å²) in [5.74, 6) is 0.214. The lowest BCUT2D eigenvalue weighted by atomic mass is 10.2. The number of alkyl halides is 2. The van der Waals surface area contributed by atoms with Gasteiger partial charge in [-0.15, -0.1) is 0 Å². The summed E-state index contributed by atoms with van der Waals surface area (Å²) < 4.78 is 30.8. The van der Waals surface area contributed by atoms with Crippen molar-refractivity contribution in [2.75, 3.05) is 26.2 Å². The fourth-order valence-electron chi connectivity index (χ4n) is 3.80. The van der Waals surface area contributed by atoms with Gasteiger partial charge in [-0.25, -0.2) is 0 Å². The summed E-state index contributed by atoms with van der Waals surface area (Å²) in [5, 5.41) is 1.07. The van der Waals surface area contributed by atoms with Crippen LogP contribution in [0.15, 0.2) is 54.6 Å². The summed E-state index contributed by atoms with van der Waals surface area (Å²) in [4.78, 5) is 17.1. The van der Waals surface area contributed by atoms with E-state index in [0.29, 0.717) is 25.3 Å². The SMILES string of the molecule is Cn1c(C(=O)N2CCN(Cc3ccc(OC(F)F)cc3)CC2)cc2ccccc21. The lowest BCUT2D eigenvalue weighted by Crippen LogP contribution is -2.48. The Balaban J connectivity index is 1.35. The summed E-state index contributed by atoms with van der Waals surface area (Å²) in [6, 6.07) is 16.6. The first-order valence-corrected chi connectivity index (χ1v) is 9.61. The smallest absolute Gasteiger partial charge is 0.387 e. The maximum atomic E-state index is 13.0. The van der Waals surface area contributed by atoms with Crippen LogP contribution in [0.5, 0.6) is 5.75 Å². The zero-order valence-electron chi connectivity index (χ0n) is 16.2. The minimum atomic E-state index is -2.81. The minimum Gasteiger partial charge on any atom is -0.435 e. The summed E-state index contributed by atoms with van der Waals surface area (Å²) in [5.41, 5.74) is 2.78. The zero-order valence-corrected chi connectivity index (χ0v) is 16.2. The van der Waals surface area contributed by atoms with Crippen LogP contribution in [0.25, 0.3) is 10.9 Å². The molecule has 0 atom stereocenters. The molecule has 0 N–H and O–H groups in total. The molecule has 0 unspecified atom stereocenters. The molecule has 1 saturated heterocycles.